The van der Waals surface area contributed by atoms with Crippen molar-refractivity contribution in [2.24, 2.45) is 0 Å². The standard InChI is InChI=1S/C11H16N4O/c1-9-11(16)15-7-6-14(5-4-13(2)3)8-10(15)12-9/h6-8H,4-5H2,1-3H3. The molecule has 5 heteroatoms. The van der Waals surface area contributed by atoms with Crippen molar-refractivity contribution in [3.8, 4) is 5.82 Å². The van der Waals surface area contributed by atoms with Crippen molar-refractivity contribution < 1.29 is 0 Å². The van der Waals surface area contributed by atoms with E-state index in [0.717, 1.165) is 13.1 Å². The predicted octanol–water partition coefficient (Wildman–Crippen LogP) is 0.342. The van der Waals surface area contributed by atoms with Crippen molar-refractivity contribution in [2.45, 2.75) is 13.5 Å². The third kappa shape index (κ3) is 1.99. The first-order valence-electron chi connectivity index (χ1n) is 5.27. The van der Waals surface area contributed by atoms with Gasteiger partial charge in [-0.2, -0.15) is 0 Å². The Kier molecular flexibility index (Phi) is 2.78. The summed E-state index contributed by atoms with van der Waals surface area (Å²) in [4.78, 5) is 17.9. The van der Waals surface area contributed by atoms with E-state index in [-0.39, 0.29) is 5.56 Å². The van der Waals surface area contributed by atoms with Gasteiger partial charge < -0.3 is 9.47 Å². The molecule has 86 valence electrons. The highest BCUT2D eigenvalue weighted by Gasteiger charge is 2.10. The Morgan fingerprint density at radius 2 is 2.12 bits per heavy atom. The number of nitrogens with zero attached hydrogens (tertiary/aromatic N) is 4. The van der Waals surface area contributed by atoms with E-state index in [1.165, 1.54) is 0 Å². The summed E-state index contributed by atoms with van der Waals surface area (Å²) in [5, 5.41) is 0. The van der Waals surface area contributed by atoms with Gasteiger partial charge in [-0.3, -0.25) is 9.36 Å². The SMILES string of the molecule is Cc1nc2cn(CCN(C)C)ccn-2c1=O. The first-order chi connectivity index (χ1) is 7.58. The molecule has 0 radical (unpaired) electrons. The van der Waals surface area contributed by atoms with E-state index in [4.69, 9.17) is 0 Å². The molecular weight excluding hydrogens is 204 g/mol. The first kappa shape index (κ1) is 10.9. The third-order valence-electron chi connectivity index (χ3n) is 2.55. The molecule has 0 fully saturated rings. The van der Waals surface area contributed by atoms with Crippen molar-refractivity contribution >= 4 is 0 Å². The minimum atomic E-state index is -0.0326. The molecule has 0 N–H and O–H groups in total. The molecule has 0 atom stereocenters. The quantitative estimate of drug-likeness (QED) is 0.749. The molecule has 0 bridgehead atoms. The third-order valence-corrected chi connectivity index (χ3v) is 2.55. The highest BCUT2D eigenvalue weighted by molar-refractivity contribution is 5.24. The first-order valence-corrected chi connectivity index (χ1v) is 5.27. The summed E-state index contributed by atoms with van der Waals surface area (Å²) in [6.45, 7) is 3.59. The molecule has 0 unspecified atom stereocenters. The number of likely N-dealkylation sites (N-methyl/N-ethyl adjacent to an activating group) is 1. The van der Waals surface area contributed by atoms with Crippen LogP contribution in [0, 0.1) is 6.92 Å². The zero-order chi connectivity index (χ0) is 11.7. The Balaban J connectivity index is 2.31. The van der Waals surface area contributed by atoms with E-state index in [0.29, 0.717) is 11.5 Å². The van der Waals surface area contributed by atoms with Gasteiger partial charge in [-0.05, 0) is 21.0 Å². The highest BCUT2D eigenvalue weighted by Crippen LogP contribution is 2.04. The second-order valence-corrected chi connectivity index (χ2v) is 4.20. The molecule has 0 aliphatic carbocycles. The van der Waals surface area contributed by atoms with Crippen LogP contribution in [0.3, 0.4) is 0 Å². The monoisotopic (exact) mass is 220 g/mol. The van der Waals surface area contributed by atoms with E-state index in [2.05, 4.69) is 9.88 Å². The lowest BCUT2D eigenvalue weighted by Gasteiger charge is -2.13. The molecule has 0 aromatic rings. The molecular formula is C11H16N4O. The lowest BCUT2D eigenvalue weighted by Crippen LogP contribution is -2.20. The summed E-state index contributed by atoms with van der Waals surface area (Å²) in [6.07, 6.45) is 5.57. The maximum atomic E-state index is 11.6. The van der Waals surface area contributed by atoms with Gasteiger partial charge in [0.2, 0.25) is 0 Å². The molecule has 0 aromatic carbocycles. The van der Waals surface area contributed by atoms with Crippen LogP contribution in [0.25, 0.3) is 5.82 Å². The Hall–Kier alpha value is -1.62. The van der Waals surface area contributed by atoms with Gasteiger partial charge >= 0.3 is 0 Å². The van der Waals surface area contributed by atoms with Gasteiger partial charge in [0.25, 0.3) is 5.56 Å². The van der Waals surface area contributed by atoms with Crippen molar-refractivity contribution in [3.63, 3.8) is 0 Å². The highest BCUT2D eigenvalue weighted by atomic mass is 16.1. The van der Waals surface area contributed by atoms with Gasteiger partial charge in [0, 0.05) is 31.7 Å². The van der Waals surface area contributed by atoms with Crippen molar-refractivity contribution in [1.29, 1.82) is 0 Å². The molecule has 2 rings (SSSR count). The topological polar surface area (TPSA) is 43.1 Å². The minimum absolute atomic E-state index is 0.0326. The molecule has 16 heavy (non-hydrogen) atoms. The summed E-state index contributed by atoms with van der Waals surface area (Å²) >= 11 is 0. The molecule has 2 heterocycles. The van der Waals surface area contributed by atoms with Crippen LogP contribution in [0.15, 0.2) is 23.4 Å². The van der Waals surface area contributed by atoms with E-state index >= 15 is 0 Å². The van der Waals surface area contributed by atoms with Crippen LogP contribution in [0.5, 0.6) is 0 Å². The van der Waals surface area contributed by atoms with Crippen molar-refractivity contribution in [3.05, 3.63) is 34.6 Å². The van der Waals surface area contributed by atoms with E-state index in [1.54, 1.807) is 17.7 Å². The lowest BCUT2D eigenvalue weighted by atomic mass is 10.5. The van der Waals surface area contributed by atoms with Crippen LogP contribution >= 0.6 is 0 Å². The van der Waals surface area contributed by atoms with Gasteiger partial charge in [-0.25, -0.2) is 4.98 Å². The summed E-state index contributed by atoms with van der Waals surface area (Å²) in [6, 6.07) is 0. The van der Waals surface area contributed by atoms with Crippen LogP contribution in [0.4, 0.5) is 0 Å². The molecule has 0 amide bonds. The Bertz CT molecular complexity index is 511. The summed E-state index contributed by atoms with van der Waals surface area (Å²) < 4.78 is 3.61. The maximum Gasteiger partial charge on any atom is 0.277 e. The van der Waals surface area contributed by atoms with Gasteiger partial charge in [-0.1, -0.05) is 0 Å². The van der Waals surface area contributed by atoms with Gasteiger partial charge in [0.05, 0.1) is 0 Å². The smallest absolute Gasteiger partial charge is 0.277 e. The number of hydrogen-bond donors (Lipinski definition) is 0. The van der Waals surface area contributed by atoms with Crippen LogP contribution in [0.2, 0.25) is 0 Å². The second kappa shape index (κ2) is 4.09. The Morgan fingerprint density at radius 3 is 2.81 bits per heavy atom. The fraction of sp³-hybridized carbons (Fsp3) is 0.455. The normalized spacial score (nSPS) is 11.5. The van der Waals surface area contributed by atoms with E-state index in [1.807, 2.05) is 31.1 Å². The molecule has 0 saturated carbocycles. The summed E-state index contributed by atoms with van der Waals surface area (Å²) in [5.41, 5.74) is 0.514. The van der Waals surface area contributed by atoms with E-state index in [9.17, 15) is 4.79 Å². The lowest BCUT2D eigenvalue weighted by molar-refractivity contribution is 0.382. The Morgan fingerprint density at radius 1 is 1.38 bits per heavy atom. The van der Waals surface area contributed by atoms with Gasteiger partial charge in [-0.15, -0.1) is 0 Å². The minimum Gasteiger partial charge on any atom is -0.348 e. The zero-order valence-corrected chi connectivity index (χ0v) is 9.84. The predicted molar refractivity (Wildman–Crippen MR) is 62.3 cm³/mol. The fourth-order valence-electron chi connectivity index (χ4n) is 1.59. The fourth-order valence-corrected chi connectivity index (χ4v) is 1.59. The molecule has 0 aromatic heterocycles. The largest absolute Gasteiger partial charge is 0.348 e. The number of rotatable bonds is 3. The molecule has 5 nitrogen and oxygen atoms in total. The maximum absolute atomic E-state index is 11.6. The number of fused-ring (bicyclic) bond motifs is 1. The average Bonchev–Trinajstić information content (AvgIpc) is 2.52. The van der Waals surface area contributed by atoms with Crippen molar-refractivity contribution in [1.82, 2.24) is 19.0 Å². The second-order valence-electron chi connectivity index (χ2n) is 4.20. The molecule has 2 aliphatic heterocycles. The van der Waals surface area contributed by atoms with Crippen LogP contribution in [0.1, 0.15) is 5.69 Å². The van der Waals surface area contributed by atoms with Gasteiger partial charge in [0.15, 0.2) is 5.82 Å². The number of aromatic nitrogens is 3. The van der Waals surface area contributed by atoms with E-state index < -0.39 is 0 Å². The number of aryl methyl sites for hydroxylation is 1. The summed E-state index contributed by atoms with van der Waals surface area (Å²) in [7, 11) is 4.07. The molecule has 0 saturated heterocycles. The molecule has 2 aliphatic rings. The zero-order valence-electron chi connectivity index (χ0n) is 9.84. The summed E-state index contributed by atoms with van der Waals surface area (Å²) in [5.74, 6) is 0.712. The molecule has 0 spiro atoms. The number of imidazole rings is 1. The Labute approximate surface area is 94.3 Å². The average molecular weight is 220 g/mol. The van der Waals surface area contributed by atoms with Gasteiger partial charge in [0.1, 0.15) is 5.69 Å². The van der Waals surface area contributed by atoms with Crippen LogP contribution < -0.4 is 5.56 Å². The van der Waals surface area contributed by atoms with Crippen molar-refractivity contribution in [2.75, 3.05) is 20.6 Å². The van der Waals surface area contributed by atoms with Crippen LogP contribution in [-0.2, 0) is 6.54 Å². The number of hydrogen-bond acceptors (Lipinski definition) is 3. The van der Waals surface area contributed by atoms with Crippen LogP contribution in [-0.4, -0.2) is 39.7 Å².